The van der Waals surface area contributed by atoms with Crippen LogP contribution in [0.4, 0.5) is 16.6 Å². The van der Waals surface area contributed by atoms with Gasteiger partial charge in [-0.2, -0.15) is 5.10 Å². The van der Waals surface area contributed by atoms with Crippen LogP contribution < -0.4 is 9.80 Å². The highest BCUT2D eigenvalue weighted by Crippen LogP contribution is 2.30. The number of nitrogens with zero attached hydrogens (tertiary/aromatic N) is 5. The first-order valence-corrected chi connectivity index (χ1v) is 10.3. The van der Waals surface area contributed by atoms with Gasteiger partial charge in [-0.1, -0.05) is 64.7 Å². The van der Waals surface area contributed by atoms with E-state index < -0.39 is 0 Å². The molecule has 2 heterocycles. The third kappa shape index (κ3) is 6.42. The fourth-order valence-corrected chi connectivity index (χ4v) is 3.34. The molecule has 0 aliphatic carbocycles. The van der Waals surface area contributed by atoms with E-state index in [0.717, 1.165) is 22.3 Å². The second-order valence-corrected chi connectivity index (χ2v) is 6.49. The summed E-state index contributed by atoms with van der Waals surface area (Å²) in [6.45, 7) is 9.86. The quantitative estimate of drug-likeness (QED) is 0.529. The molecule has 0 saturated carbocycles. The molecule has 1 aromatic carbocycles. The maximum Gasteiger partial charge on any atom is 0.270 e. The van der Waals surface area contributed by atoms with Gasteiger partial charge in [0, 0.05) is 39.1 Å². The molecule has 0 saturated heterocycles. The van der Waals surface area contributed by atoms with Crippen LogP contribution in [0.3, 0.4) is 0 Å². The molecule has 0 aliphatic rings. The Bertz CT molecular complexity index is 857. The van der Waals surface area contributed by atoms with E-state index in [0.29, 0.717) is 4.88 Å². The monoisotopic (exact) mass is 417 g/mol. The number of benzene rings is 1. The number of hydrogen-bond acceptors (Lipinski definition) is 5. The molecule has 6 nitrogen and oxygen atoms in total. The van der Waals surface area contributed by atoms with Crippen molar-refractivity contribution < 1.29 is 4.79 Å². The summed E-state index contributed by atoms with van der Waals surface area (Å²) in [6.07, 6.45) is 1.88. The minimum Gasteiger partial charge on any atom is -0.311 e. The predicted molar refractivity (Wildman–Crippen MR) is 127 cm³/mol. The van der Waals surface area contributed by atoms with E-state index in [4.69, 9.17) is 0 Å². The van der Waals surface area contributed by atoms with Crippen LogP contribution in [0.1, 0.15) is 50.5 Å². The lowest BCUT2D eigenvalue weighted by Crippen LogP contribution is -2.25. The number of para-hydroxylation sites is 1. The lowest BCUT2D eigenvalue weighted by Gasteiger charge is -2.16. The normalized spacial score (nSPS) is 9.24. The maximum absolute atomic E-state index is 12.8. The average Bonchev–Trinajstić information content (AvgIpc) is 3.35. The summed E-state index contributed by atoms with van der Waals surface area (Å²) in [6, 6.07) is 11.5. The van der Waals surface area contributed by atoms with Crippen LogP contribution in [0.5, 0.6) is 0 Å². The van der Waals surface area contributed by atoms with Crippen LogP contribution >= 0.6 is 11.3 Å². The molecule has 0 unspecified atom stereocenters. The number of amides is 1. The van der Waals surface area contributed by atoms with Gasteiger partial charge < -0.3 is 9.80 Å². The average molecular weight is 418 g/mol. The fraction of sp³-hybridized carbons (Fsp3) is 0.409. The zero-order chi connectivity index (χ0) is 21.3. The molecular weight excluding hydrogens is 382 g/mol. The van der Waals surface area contributed by atoms with Gasteiger partial charge in [0.25, 0.3) is 5.91 Å². The van der Waals surface area contributed by atoms with Gasteiger partial charge in [-0.3, -0.25) is 9.48 Å². The Balaban J connectivity index is 0.00000148. The van der Waals surface area contributed by atoms with Gasteiger partial charge in [-0.25, -0.2) is 4.98 Å². The number of aryl methyl sites for hydroxylation is 2. The Morgan fingerprint density at radius 2 is 1.62 bits per heavy atom. The Morgan fingerprint density at radius 1 is 1.03 bits per heavy atom. The van der Waals surface area contributed by atoms with Crippen LogP contribution in [-0.4, -0.2) is 34.8 Å². The number of anilines is 3. The predicted octanol–water partition coefficient (Wildman–Crippen LogP) is 5.92. The number of hydrogen-bond donors (Lipinski definition) is 0. The zero-order valence-electron chi connectivity index (χ0n) is 18.1. The SMILES string of the molecule is C.CC.CC.Cc1nc(N(C)c2ccn(C)n2)sc1C(=O)N(C)c1ccccc1. The van der Waals surface area contributed by atoms with Gasteiger partial charge in [0.2, 0.25) is 0 Å². The molecule has 0 N–H and O–H groups in total. The van der Waals surface area contributed by atoms with Crippen molar-refractivity contribution in [1.29, 1.82) is 0 Å². The summed E-state index contributed by atoms with van der Waals surface area (Å²) in [5, 5.41) is 5.11. The van der Waals surface area contributed by atoms with Crippen LogP contribution in [0.15, 0.2) is 42.6 Å². The highest BCUT2D eigenvalue weighted by atomic mass is 32.1. The van der Waals surface area contributed by atoms with Crippen molar-refractivity contribution in [2.45, 2.75) is 42.0 Å². The van der Waals surface area contributed by atoms with E-state index in [9.17, 15) is 4.79 Å². The van der Waals surface area contributed by atoms with Crippen molar-refractivity contribution >= 4 is 33.9 Å². The third-order valence-corrected chi connectivity index (χ3v) is 4.98. The maximum atomic E-state index is 12.8. The number of aromatic nitrogens is 3. The van der Waals surface area contributed by atoms with Gasteiger partial charge in [0.05, 0.1) is 5.69 Å². The van der Waals surface area contributed by atoms with E-state index in [2.05, 4.69) is 10.1 Å². The summed E-state index contributed by atoms with van der Waals surface area (Å²) in [7, 11) is 5.54. The summed E-state index contributed by atoms with van der Waals surface area (Å²) in [5.74, 6) is 0.735. The highest BCUT2D eigenvalue weighted by molar-refractivity contribution is 7.17. The molecule has 3 rings (SSSR count). The van der Waals surface area contributed by atoms with Crippen molar-refractivity contribution in [3.05, 3.63) is 53.2 Å². The zero-order valence-corrected chi connectivity index (χ0v) is 18.9. The second-order valence-electron chi connectivity index (χ2n) is 5.52. The summed E-state index contributed by atoms with van der Waals surface area (Å²) in [5.41, 5.74) is 1.58. The number of carbonyl (C=O) groups is 1. The molecule has 0 aliphatic heterocycles. The molecule has 160 valence electrons. The van der Waals surface area contributed by atoms with E-state index in [1.54, 1.807) is 16.6 Å². The topological polar surface area (TPSA) is 54.3 Å². The molecule has 0 radical (unpaired) electrons. The van der Waals surface area contributed by atoms with Gasteiger partial charge in [0.1, 0.15) is 4.88 Å². The van der Waals surface area contributed by atoms with Crippen LogP contribution in [0.25, 0.3) is 0 Å². The Hall–Kier alpha value is -2.67. The van der Waals surface area contributed by atoms with Crippen molar-refractivity contribution in [2.75, 3.05) is 23.9 Å². The number of carbonyl (C=O) groups excluding carboxylic acids is 1. The van der Waals surface area contributed by atoms with E-state index in [-0.39, 0.29) is 13.3 Å². The van der Waals surface area contributed by atoms with Crippen molar-refractivity contribution in [1.82, 2.24) is 14.8 Å². The van der Waals surface area contributed by atoms with Crippen LogP contribution in [-0.2, 0) is 7.05 Å². The Kier molecular flexibility index (Phi) is 11.6. The first-order valence-electron chi connectivity index (χ1n) is 9.51. The fourth-order valence-electron chi connectivity index (χ4n) is 2.32. The lowest BCUT2D eigenvalue weighted by molar-refractivity contribution is 0.0996. The molecule has 1 amide bonds. The number of rotatable bonds is 4. The van der Waals surface area contributed by atoms with Gasteiger partial charge in [-0.15, -0.1) is 0 Å². The molecule has 0 atom stereocenters. The number of thiazole rings is 1. The van der Waals surface area contributed by atoms with Crippen molar-refractivity contribution in [3.8, 4) is 0 Å². The molecule has 0 bridgehead atoms. The molecule has 7 heteroatoms. The van der Waals surface area contributed by atoms with Crippen molar-refractivity contribution in [2.24, 2.45) is 7.05 Å². The smallest absolute Gasteiger partial charge is 0.270 e. The summed E-state index contributed by atoms with van der Waals surface area (Å²) in [4.78, 5) is 21.5. The first kappa shape index (κ1) is 26.3. The van der Waals surface area contributed by atoms with Gasteiger partial charge in [-0.05, 0) is 19.1 Å². The van der Waals surface area contributed by atoms with Crippen molar-refractivity contribution in [3.63, 3.8) is 0 Å². The molecule has 0 spiro atoms. The molecule has 29 heavy (non-hydrogen) atoms. The van der Waals surface area contributed by atoms with Crippen LogP contribution in [0, 0.1) is 6.92 Å². The Labute approximate surface area is 179 Å². The molecule has 3 aromatic rings. The lowest BCUT2D eigenvalue weighted by atomic mass is 10.3. The third-order valence-electron chi connectivity index (χ3n) is 3.76. The second kappa shape index (κ2) is 12.7. The Morgan fingerprint density at radius 3 is 2.14 bits per heavy atom. The van der Waals surface area contributed by atoms with E-state index >= 15 is 0 Å². The highest BCUT2D eigenvalue weighted by Gasteiger charge is 2.22. The summed E-state index contributed by atoms with van der Waals surface area (Å²) < 4.78 is 1.74. The minimum absolute atomic E-state index is 0. The molecular formula is C22H35N5OS. The van der Waals surface area contributed by atoms with E-state index in [1.807, 2.05) is 96.2 Å². The molecule has 2 aromatic heterocycles. The first-order chi connectivity index (χ1) is 13.5. The van der Waals surface area contributed by atoms with E-state index in [1.165, 1.54) is 11.3 Å². The minimum atomic E-state index is -0.0585. The van der Waals surface area contributed by atoms with Gasteiger partial charge >= 0.3 is 0 Å². The standard InChI is InChI=1S/C17H19N5OS.2C2H6.CH4/c1-12-15(16(23)21(3)13-8-6-5-7-9-13)24-17(18-12)22(4)14-10-11-20(2)19-14;2*1-2;/h5-11H,1-4H3;2*1-2H3;1H4. The largest absolute Gasteiger partial charge is 0.311 e. The summed E-state index contributed by atoms with van der Waals surface area (Å²) >= 11 is 1.38. The molecule has 0 fully saturated rings. The van der Waals surface area contributed by atoms with Gasteiger partial charge in [0.15, 0.2) is 10.9 Å². The van der Waals surface area contributed by atoms with Crippen LogP contribution in [0.2, 0.25) is 0 Å².